The number of carbonyl (C=O) groups is 1. The number of hydrogen-bond acceptors (Lipinski definition) is 5. The molecule has 0 aliphatic heterocycles. The molecule has 0 bridgehead atoms. The lowest BCUT2D eigenvalue weighted by molar-refractivity contribution is 0.0702. The van der Waals surface area contributed by atoms with Crippen molar-refractivity contribution in [1.82, 2.24) is 4.98 Å². The fourth-order valence-corrected chi connectivity index (χ4v) is 2.25. The number of carboxylic acid groups (broad SMARTS) is 1. The molecule has 0 fully saturated rings. The molecular weight excluding hydrogens is 300 g/mol. The van der Waals surface area contributed by atoms with E-state index in [4.69, 9.17) is 4.84 Å². The van der Waals surface area contributed by atoms with Gasteiger partial charge in [-0.25, -0.2) is 15.3 Å². The summed E-state index contributed by atoms with van der Waals surface area (Å²) in [6.07, 6.45) is 1.59. The molecule has 2 aromatic rings. The Morgan fingerprint density at radius 2 is 2.18 bits per heavy atom. The summed E-state index contributed by atoms with van der Waals surface area (Å²) in [5.41, 5.74) is 2.84. The van der Waals surface area contributed by atoms with Crippen molar-refractivity contribution in [1.29, 1.82) is 0 Å². The Morgan fingerprint density at radius 1 is 1.41 bits per heavy atom. The van der Waals surface area contributed by atoms with E-state index in [2.05, 4.69) is 22.3 Å². The molecule has 0 amide bonds. The Labute approximate surface area is 132 Å². The first-order valence-corrected chi connectivity index (χ1v) is 7.41. The Bertz CT molecular complexity index is 721. The number of hydrogen-bond donors (Lipinski definition) is 2. The number of nitrogens with zero attached hydrogens (tertiary/aromatic N) is 1. The molecule has 2 N–H and O–H groups in total. The number of nitrogens with one attached hydrogen (secondary N) is 1. The number of rotatable bonds is 4. The molecule has 2 rings (SSSR count). The van der Waals surface area contributed by atoms with Gasteiger partial charge in [0.15, 0.2) is 0 Å². The summed E-state index contributed by atoms with van der Waals surface area (Å²) in [6.45, 7) is 5.99. The van der Waals surface area contributed by atoms with Crippen LogP contribution in [0.15, 0.2) is 30.5 Å². The molecule has 0 aliphatic rings. The molecule has 0 radical (unpaired) electrons. The molecule has 0 aliphatic carbocycles. The van der Waals surface area contributed by atoms with Crippen LogP contribution >= 0.6 is 11.3 Å². The first-order chi connectivity index (χ1) is 10.3. The topological polar surface area (TPSA) is 71.5 Å². The minimum absolute atomic E-state index is 0.147. The van der Waals surface area contributed by atoms with E-state index in [0.29, 0.717) is 16.4 Å². The second kappa shape index (κ2) is 6.50. The molecule has 22 heavy (non-hydrogen) atoms. The maximum absolute atomic E-state index is 11.3. The predicted molar refractivity (Wildman–Crippen MR) is 86.1 cm³/mol. The van der Waals surface area contributed by atoms with Crippen LogP contribution in [-0.4, -0.2) is 16.1 Å². The van der Waals surface area contributed by atoms with Crippen molar-refractivity contribution in [3.63, 3.8) is 0 Å². The third-order valence-electron chi connectivity index (χ3n) is 2.39. The van der Waals surface area contributed by atoms with Crippen LogP contribution in [0.3, 0.4) is 0 Å². The van der Waals surface area contributed by atoms with Crippen molar-refractivity contribution >= 4 is 23.0 Å². The zero-order valence-corrected chi connectivity index (χ0v) is 13.3. The van der Waals surface area contributed by atoms with E-state index in [1.54, 1.807) is 30.5 Å². The van der Waals surface area contributed by atoms with Crippen LogP contribution < -0.4 is 10.3 Å². The summed E-state index contributed by atoms with van der Waals surface area (Å²) >= 11 is 1.11. The fraction of sp³-hybridized carbons (Fsp3) is 0.250. The van der Waals surface area contributed by atoms with Crippen LogP contribution in [0, 0.1) is 17.3 Å². The molecule has 0 atom stereocenters. The Kier molecular flexibility index (Phi) is 4.68. The lowest BCUT2D eigenvalue weighted by Crippen LogP contribution is -2.08. The molecule has 0 spiro atoms. The van der Waals surface area contributed by atoms with Gasteiger partial charge in [0.2, 0.25) is 5.88 Å². The van der Waals surface area contributed by atoms with E-state index in [0.717, 1.165) is 11.3 Å². The summed E-state index contributed by atoms with van der Waals surface area (Å²) in [5, 5.41) is 9.26. The van der Waals surface area contributed by atoms with Crippen LogP contribution in [-0.2, 0) is 0 Å². The highest BCUT2D eigenvalue weighted by molar-refractivity contribution is 7.15. The number of anilines is 1. The Hall–Kier alpha value is -2.52. The normalized spacial score (nSPS) is 10.5. The average molecular weight is 316 g/mol. The van der Waals surface area contributed by atoms with E-state index in [1.807, 2.05) is 20.8 Å². The highest BCUT2D eigenvalue weighted by Gasteiger charge is 2.16. The zero-order chi connectivity index (χ0) is 16.2. The van der Waals surface area contributed by atoms with Crippen molar-refractivity contribution in [2.24, 2.45) is 5.41 Å². The second-order valence-corrected chi connectivity index (χ2v) is 6.58. The van der Waals surface area contributed by atoms with Crippen molar-refractivity contribution in [2.75, 3.05) is 5.48 Å². The number of aromatic nitrogens is 1. The first kappa shape index (κ1) is 15.9. The summed E-state index contributed by atoms with van der Waals surface area (Å²) in [7, 11) is 0. The van der Waals surface area contributed by atoms with Gasteiger partial charge in [0, 0.05) is 17.7 Å². The summed E-state index contributed by atoms with van der Waals surface area (Å²) in [4.78, 5) is 21.4. The van der Waals surface area contributed by atoms with Gasteiger partial charge in [0.1, 0.15) is 4.88 Å². The van der Waals surface area contributed by atoms with Gasteiger partial charge in [-0.15, -0.1) is 11.3 Å². The molecule has 0 aromatic carbocycles. The van der Waals surface area contributed by atoms with E-state index >= 15 is 0 Å². The predicted octanol–water partition coefficient (Wildman–Crippen LogP) is 3.64. The quantitative estimate of drug-likeness (QED) is 0.665. The molecule has 6 heteroatoms. The molecule has 2 heterocycles. The lowest BCUT2D eigenvalue weighted by Gasteiger charge is -2.06. The largest absolute Gasteiger partial charge is 0.477 e. The maximum Gasteiger partial charge on any atom is 0.348 e. The minimum Gasteiger partial charge on any atom is -0.477 e. The van der Waals surface area contributed by atoms with Crippen molar-refractivity contribution in [3.8, 4) is 17.7 Å². The smallest absolute Gasteiger partial charge is 0.348 e. The zero-order valence-electron chi connectivity index (χ0n) is 12.5. The summed E-state index contributed by atoms with van der Waals surface area (Å²) in [5.74, 6) is 5.40. The van der Waals surface area contributed by atoms with Gasteiger partial charge in [-0.1, -0.05) is 17.9 Å². The van der Waals surface area contributed by atoms with Gasteiger partial charge in [-0.3, -0.25) is 0 Å². The van der Waals surface area contributed by atoms with E-state index in [1.165, 1.54) is 0 Å². The van der Waals surface area contributed by atoms with Crippen LogP contribution in [0.1, 0.15) is 35.3 Å². The maximum atomic E-state index is 11.3. The van der Waals surface area contributed by atoms with E-state index in [-0.39, 0.29) is 10.3 Å². The Balaban J connectivity index is 2.20. The molecule has 0 saturated heterocycles. The second-order valence-electron chi connectivity index (χ2n) is 5.53. The molecular formula is C16H16N2O3S. The van der Waals surface area contributed by atoms with E-state index in [9.17, 15) is 9.90 Å². The highest BCUT2D eigenvalue weighted by atomic mass is 32.1. The SMILES string of the molecule is CC(C)(C)C#Cc1cc(NOc2ccccn2)c(C(=O)O)s1. The van der Waals surface area contributed by atoms with Gasteiger partial charge in [-0.2, -0.15) is 0 Å². The summed E-state index contributed by atoms with van der Waals surface area (Å²) < 4.78 is 0. The standard InChI is InChI=1S/C16H16N2O3S/c1-16(2,3)8-7-11-10-12(14(22-11)15(19)20)18-21-13-6-4-5-9-17-13/h4-6,9-10,18H,1-3H3,(H,19,20). The number of aromatic carboxylic acids is 1. The molecule has 114 valence electrons. The molecule has 2 aromatic heterocycles. The highest BCUT2D eigenvalue weighted by Crippen LogP contribution is 2.27. The fourth-order valence-electron chi connectivity index (χ4n) is 1.45. The van der Waals surface area contributed by atoms with Crippen molar-refractivity contribution < 1.29 is 14.7 Å². The number of pyridine rings is 1. The summed E-state index contributed by atoms with van der Waals surface area (Å²) in [6, 6.07) is 6.87. The Morgan fingerprint density at radius 3 is 2.77 bits per heavy atom. The van der Waals surface area contributed by atoms with Gasteiger partial charge < -0.3 is 9.94 Å². The van der Waals surface area contributed by atoms with Crippen LogP contribution in [0.4, 0.5) is 5.69 Å². The van der Waals surface area contributed by atoms with Crippen molar-refractivity contribution in [2.45, 2.75) is 20.8 Å². The molecule has 0 saturated carbocycles. The average Bonchev–Trinajstić information content (AvgIpc) is 2.87. The van der Waals surface area contributed by atoms with Crippen molar-refractivity contribution in [3.05, 3.63) is 40.2 Å². The third kappa shape index (κ3) is 4.50. The van der Waals surface area contributed by atoms with E-state index < -0.39 is 5.97 Å². The molecule has 0 unspecified atom stereocenters. The van der Waals surface area contributed by atoms with Crippen LogP contribution in [0.5, 0.6) is 5.88 Å². The lowest BCUT2D eigenvalue weighted by atomic mass is 9.98. The number of thiophene rings is 1. The monoisotopic (exact) mass is 316 g/mol. The van der Waals surface area contributed by atoms with Crippen LogP contribution in [0.25, 0.3) is 0 Å². The minimum atomic E-state index is -1.03. The van der Waals surface area contributed by atoms with Gasteiger partial charge >= 0.3 is 5.97 Å². The van der Waals surface area contributed by atoms with Crippen LogP contribution in [0.2, 0.25) is 0 Å². The third-order valence-corrected chi connectivity index (χ3v) is 3.43. The van der Waals surface area contributed by atoms with Gasteiger partial charge in [-0.05, 0) is 32.9 Å². The molecule has 5 nitrogen and oxygen atoms in total. The number of carboxylic acids is 1. The van der Waals surface area contributed by atoms with Gasteiger partial charge in [0.25, 0.3) is 0 Å². The van der Waals surface area contributed by atoms with Gasteiger partial charge in [0.05, 0.1) is 10.6 Å². The first-order valence-electron chi connectivity index (χ1n) is 6.59.